The lowest BCUT2D eigenvalue weighted by atomic mass is 10.2. The van der Waals surface area contributed by atoms with E-state index in [2.05, 4.69) is 17.4 Å². The van der Waals surface area contributed by atoms with E-state index in [1.807, 2.05) is 42.5 Å². The minimum absolute atomic E-state index is 0.646. The first-order valence-electron chi connectivity index (χ1n) is 6.06. The van der Waals surface area contributed by atoms with Gasteiger partial charge in [0.05, 0.1) is 24.6 Å². The number of ether oxygens (including phenoxy) is 1. The van der Waals surface area contributed by atoms with Crippen LogP contribution in [-0.4, -0.2) is 13.2 Å². The lowest BCUT2D eigenvalue weighted by molar-refractivity contribution is 0.130. The average molecular weight is 242 g/mol. The zero-order valence-electron chi connectivity index (χ0n) is 10.3. The number of nitrogens with two attached hydrogens (primary N) is 1. The van der Waals surface area contributed by atoms with Gasteiger partial charge in [0.1, 0.15) is 0 Å². The van der Waals surface area contributed by atoms with Crippen molar-refractivity contribution in [3.63, 3.8) is 0 Å². The van der Waals surface area contributed by atoms with Gasteiger partial charge in [0, 0.05) is 6.54 Å². The van der Waals surface area contributed by atoms with Gasteiger partial charge in [-0.25, -0.2) is 0 Å². The van der Waals surface area contributed by atoms with Gasteiger partial charge >= 0.3 is 0 Å². The second kappa shape index (κ2) is 6.67. The van der Waals surface area contributed by atoms with Gasteiger partial charge in [0.15, 0.2) is 0 Å². The second-order valence-electron chi connectivity index (χ2n) is 4.05. The Morgan fingerprint density at radius 2 is 1.67 bits per heavy atom. The van der Waals surface area contributed by atoms with Crippen LogP contribution in [0.1, 0.15) is 5.56 Å². The Morgan fingerprint density at radius 3 is 2.44 bits per heavy atom. The molecule has 0 amide bonds. The van der Waals surface area contributed by atoms with Crippen molar-refractivity contribution in [1.29, 1.82) is 0 Å². The molecule has 0 radical (unpaired) electrons. The van der Waals surface area contributed by atoms with E-state index in [4.69, 9.17) is 10.5 Å². The van der Waals surface area contributed by atoms with E-state index in [-0.39, 0.29) is 0 Å². The van der Waals surface area contributed by atoms with Gasteiger partial charge < -0.3 is 15.8 Å². The van der Waals surface area contributed by atoms with Gasteiger partial charge in [-0.15, -0.1) is 0 Å². The Kier molecular flexibility index (Phi) is 4.61. The molecule has 0 atom stereocenters. The number of hydrogen-bond donors (Lipinski definition) is 2. The minimum atomic E-state index is 0.646. The minimum Gasteiger partial charge on any atom is -0.397 e. The van der Waals surface area contributed by atoms with E-state index in [9.17, 15) is 0 Å². The zero-order chi connectivity index (χ0) is 12.6. The number of hydrogen-bond acceptors (Lipinski definition) is 3. The quantitative estimate of drug-likeness (QED) is 0.605. The summed E-state index contributed by atoms with van der Waals surface area (Å²) in [5.74, 6) is 0. The van der Waals surface area contributed by atoms with Crippen molar-refractivity contribution >= 4 is 11.4 Å². The molecule has 0 aliphatic rings. The topological polar surface area (TPSA) is 47.3 Å². The lowest BCUT2D eigenvalue weighted by Crippen LogP contribution is -2.10. The molecule has 18 heavy (non-hydrogen) atoms. The van der Waals surface area contributed by atoms with E-state index in [0.717, 1.165) is 17.9 Å². The molecule has 0 heterocycles. The third kappa shape index (κ3) is 3.79. The van der Waals surface area contributed by atoms with Crippen LogP contribution in [0.4, 0.5) is 11.4 Å². The summed E-state index contributed by atoms with van der Waals surface area (Å²) in [5, 5.41) is 3.25. The molecule has 0 aliphatic carbocycles. The van der Waals surface area contributed by atoms with Gasteiger partial charge in [-0.3, -0.25) is 0 Å². The Hall–Kier alpha value is -2.00. The number of nitrogen functional groups attached to an aromatic ring is 1. The van der Waals surface area contributed by atoms with Gasteiger partial charge in [-0.2, -0.15) is 0 Å². The van der Waals surface area contributed by atoms with Gasteiger partial charge in [0.25, 0.3) is 0 Å². The maximum Gasteiger partial charge on any atom is 0.0717 e. The number of anilines is 2. The summed E-state index contributed by atoms with van der Waals surface area (Å²) in [6, 6.07) is 17.9. The standard InChI is InChI=1S/C15H18N2O/c16-14-8-4-5-9-15(14)17-10-11-18-12-13-6-2-1-3-7-13/h1-9,17H,10-12,16H2. The summed E-state index contributed by atoms with van der Waals surface area (Å²) in [4.78, 5) is 0. The van der Waals surface area contributed by atoms with E-state index in [1.54, 1.807) is 0 Å². The van der Waals surface area contributed by atoms with Gasteiger partial charge in [0.2, 0.25) is 0 Å². The molecule has 0 aliphatic heterocycles. The largest absolute Gasteiger partial charge is 0.397 e. The van der Waals surface area contributed by atoms with Crippen LogP contribution in [0.2, 0.25) is 0 Å². The molecule has 0 bridgehead atoms. The third-order valence-electron chi connectivity index (χ3n) is 2.63. The average Bonchev–Trinajstić information content (AvgIpc) is 2.42. The SMILES string of the molecule is Nc1ccccc1NCCOCc1ccccc1. The summed E-state index contributed by atoms with van der Waals surface area (Å²) in [5.41, 5.74) is 8.74. The van der Waals surface area contributed by atoms with Crippen LogP contribution in [-0.2, 0) is 11.3 Å². The smallest absolute Gasteiger partial charge is 0.0717 e. The fraction of sp³-hybridized carbons (Fsp3) is 0.200. The first-order valence-corrected chi connectivity index (χ1v) is 6.06. The van der Waals surface area contributed by atoms with Crippen LogP contribution < -0.4 is 11.1 Å². The molecule has 2 rings (SSSR count). The molecular formula is C15H18N2O. The summed E-state index contributed by atoms with van der Waals surface area (Å²) < 4.78 is 5.58. The fourth-order valence-electron chi connectivity index (χ4n) is 1.68. The summed E-state index contributed by atoms with van der Waals surface area (Å²) in [6.07, 6.45) is 0. The molecule has 2 aromatic rings. The normalized spacial score (nSPS) is 10.2. The maximum absolute atomic E-state index is 5.82. The second-order valence-corrected chi connectivity index (χ2v) is 4.05. The van der Waals surface area contributed by atoms with Crippen LogP contribution in [0.3, 0.4) is 0 Å². The van der Waals surface area contributed by atoms with E-state index < -0.39 is 0 Å². The lowest BCUT2D eigenvalue weighted by Gasteiger charge is -2.09. The molecular weight excluding hydrogens is 224 g/mol. The highest BCUT2D eigenvalue weighted by atomic mass is 16.5. The van der Waals surface area contributed by atoms with Crippen LogP contribution in [0.15, 0.2) is 54.6 Å². The molecule has 3 N–H and O–H groups in total. The molecule has 0 saturated carbocycles. The predicted molar refractivity (Wildman–Crippen MR) is 75.4 cm³/mol. The molecule has 3 nitrogen and oxygen atoms in total. The number of para-hydroxylation sites is 2. The number of rotatable bonds is 6. The Balaban J connectivity index is 1.66. The molecule has 94 valence electrons. The Labute approximate surface area is 108 Å². The van der Waals surface area contributed by atoms with Crippen molar-refractivity contribution in [2.45, 2.75) is 6.61 Å². The van der Waals surface area contributed by atoms with E-state index in [0.29, 0.717) is 13.2 Å². The van der Waals surface area contributed by atoms with Crippen molar-refractivity contribution in [3.05, 3.63) is 60.2 Å². The number of nitrogens with one attached hydrogen (secondary N) is 1. The molecule has 0 saturated heterocycles. The summed E-state index contributed by atoms with van der Waals surface area (Å²) >= 11 is 0. The molecule has 0 unspecified atom stereocenters. The van der Waals surface area contributed by atoms with Gasteiger partial charge in [-0.05, 0) is 17.7 Å². The van der Waals surface area contributed by atoms with Crippen LogP contribution in [0.25, 0.3) is 0 Å². The van der Waals surface area contributed by atoms with E-state index in [1.165, 1.54) is 5.56 Å². The number of benzene rings is 2. The Morgan fingerprint density at radius 1 is 0.944 bits per heavy atom. The zero-order valence-corrected chi connectivity index (χ0v) is 10.3. The van der Waals surface area contributed by atoms with Crippen LogP contribution >= 0.6 is 0 Å². The summed E-state index contributed by atoms with van der Waals surface area (Å²) in [7, 11) is 0. The van der Waals surface area contributed by atoms with Crippen molar-refractivity contribution in [2.24, 2.45) is 0 Å². The van der Waals surface area contributed by atoms with Crippen LogP contribution in [0, 0.1) is 0 Å². The highest BCUT2D eigenvalue weighted by Crippen LogP contribution is 2.15. The summed E-state index contributed by atoms with van der Waals surface area (Å²) in [6.45, 7) is 2.05. The monoisotopic (exact) mass is 242 g/mol. The molecule has 0 spiro atoms. The van der Waals surface area contributed by atoms with Crippen molar-refractivity contribution < 1.29 is 4.74 Å². The fourth-order valence-corrected chi connectivity index (χ4v) is 1.68. The van der Waals surface area contributed by atoms with Crippen molar-refractivity contribution in [3.8, 4) is 0 Å². The van der Waals surface area contributed by atoms with E-state index >= 15 is 0 Å². The van der Waals surface area contributed by atoms with Crippen molar-refractivity contribution in [1.82, 2.24) is 0 Å². The predicted octanol–water partition coefficient (Wildman–Crippen LogP) is 2.90. The Bertz CT molecular complexity index is 471. The first kappa shape index (κ1) is 12.5. The maximum atomic E-state index is 5.82. The molecule has 0 fully saturated rings. The first-order chi connectivity index (χ1) is 8.86. The highest BCUT2D eigenvalue weighted by molar-refractivity contribution is 5.65. The molecule has 3 heteroatoms. The van der Waals surface area contributed by atoms with Crippen LogP contribution in [0.5, 0.6) is 0 Å². The molecule has 2 aromatic carbocycles. The van der Waals surface area contributed by atoms with Gasteiger partial charge in [-0.1, -0.05) is 42.5 Å². The van der Waals surface area contributed by atoms with Crippen molar-refractivity contribution in [2.75, 3.05) is 24.2 Å². The third-order valence-corrected chi connectivity index (χ3v) is 2.63. The highest BCUT2D eigenvalue weighted by Gasteiger charge is 1.96. The molecule has 0 aromatic heterocycles.